The van der Waals surface area contributed by atoms with Crippen molar-refractivity contribution < 1.29 is 4.79 Å². The molecule has 2 aliphatic rings. The van der Waals surface area contributed by atoms with Gasteiger partial charge in [0.2, 0.25) is 5.91 Å². The minimum Gasteiger partial charge on any atom is -0.342 e. The zero-order valence-electron chi connectivity index (χ0n) is 14.5. The average Bonchev–Trinajstić information content (AvgIpc) is 3.21. The van der Waals surface area contributed by atoms with Crippen LogP contribution in [0.5, 0.6) is 0 Å². The summed E-state index contributed by atoms with van der Waals surface area (Å²) in [5, 5.41) is 6.62. The number of aromatic nitrogens is 1. The van der Waals surface area contributed by atoms with Crippen molar-refractivity contribution in [2.75, 3.05) is 26.2 Å². The Labute approximate surface area is 153 Å². The van der Waals surface area contributed by atoms with Gasteiger partial charge in [-0.1, -0.05) is 30.3 Å². The smallest absolute Gasteiger partial charge is 0.228 e. The zero-order chi connectivity index (χ0) is 17.1. The number of thiazole rings is 1. The molecule has 2 aromatic rings. The maximum Gasteiger partial charge on any atom is 0.228 e. The van der Waals surface area contributed by atoms with Gasteiger partial charge in [-0.15, -0.1) is 11.3 Å². The lowest BCUT2D eigenvalue weighted by molar-refractivity contribution is -0.130. The van der Waals surface area contributed by atoms with Crippen LogP contribution in [0.25, 0.3) is 0 Å². The highest BCUT2D eigenvalue weighted by molar-refractivity contribution is 7.09. The first-order chi connectivity index (χ1) is 12.3. The fourth-order valence-electron chi connectivity index (χ4n) is 4.02. The first kappa shape index (κ1) is 16.7. The number of rotatable bonds is 4. The number of carbonyl (C=O) groups is 1. The highest BCUT2D eigenvalue weighted by Gasteiger charge is 2.31. The summed E-state index contributed by atoms with van der Waals surface area (Å²) in [4.78, 5) is 19.4. The molecule has 0 radical (unpaired) electrons. The fourth-order valence-corrected chi connectivity index (χ4v) is 4.84. The first-order valence-corrected chi connectivity index (χ1v) is 10.1. The Morgan fingerprint density at radius 2 is 1.88 bits per heavy atom. The Morgan fingerprint density at radius 1 is 1.16 bits per heavy atom. The maximum atomic E-state index is 12.7. The Hall–Kier alpha value is -1.72. The van der Waals surface area contributed by atoms with Gasteiger partial charge in [-0.2, -0.15) is 0 Å². The molecule has 4 nitrogen and oxygen atoms in total. The third kappa shape index (κ3) is 4.10. The molecule has 0 unspecified atom stereocenters. The molecule has 0 saturated carbocycles. The summed E-state index contributed by atoms with van der Waals surface area (Å²) >= 11 is 1.66. The SMILES string of the molecule is O=C(Cc1csc(Cc2ccccc2)n1)N1CC[C@@H]2CNC[C@@H]2CC1. The van der Waals surface area contributed by atoms with Crippen LogP contribution in [0.3, 0.4) is 0 Å². The summed E-state index contributed by atoms with van der Waals surface area (Å²) < 4.78 is 0. The number of benzene rings is 1. The predicted octanol–water partition coefficient (Wildman–Crippen LogP) is 2.73. The third-order valence-corrected chi connectivity index (χ3v) is 6.40. The normalized spacial score (nSPS) is 23.3. The molecule has 2 aliphatic heterocycles. The van der Waals surface area contributed by atoms with E-state index in [0.29, 0.717) is 6.42 Å². The number of nitrogens with one attached hydrogen (secondary N) is 1. The lowest BCUT2D eigenvalue weighted by Crippen LogP contribution is -2.34. The summed E-state index contributed by atoms with van der Waals surface area (Å²) in [6.45, 7) is 4.06. The topological polar surface area (TPSA) is 45.2 Å². The molecule has 1 amide bonds. The molecule has 5 heteroatoms. The van der Waals surface area contributed by atoms with E-state index in [2.05, 4.69) is 39.5 Å². The number of nitrogens with zero attached hydrogens (tertiary/aromatic N) is 2. The van der Waals surface area contributed by atoms with Crippen LogP contribution in [0.15, 0.2) is 35.7 Å². The second kappa shape index (κ2) is 7.67. The molecule has 4 rings (SSSR count). The molecular weight excluding hydrogens is 330 g/mol. The zero-order valence-corrected chi connectivity index (χ0v) is 15.3. The van der Waals surface area contributed by atoms with Gasteiger partial charge in [-0.25, -0.2) is 4.98 Å². The van der Waals surface area contributed by atoms with Crippen molar-refractivity contribution in [3.8, 4) is 0 Å². The van der Waals surface area contributed by atoms with Crippen molar-refractivity contribution in [2.45, 2.75) is 25.7 Å². The lowest BCUT2D eigenvalue weighted by atomic mass is 9.92. The molecule has 3 heterocycles. The second-order valence-corrected chi connectivity index (χ2v) is 8.15. The molecule has 1 aromatic heterocycles. The summed E-state index contributed by atoms with van der Waals surface area (Å²) in [5.41, 5.74) is 2.19. The standard InChI is InChI=1S/C20H25N3OS/c24-20(23-8-6-16-12-21-13-17(16)7-9-23)11-18-14-25-19(22-18)10-15-4-2-1-3-5-15/h1-5,14,16-17,21H,6-13H2/t16-,17+. The Bertz CT molecular complexity index is 701. The van der Waals surface area contributed by atoms with Crippen molar-refractivity contribution >= 4 is 17.2 Å². The molecule has 1 N–H and O–H groups in total. The number of amides is 1. The number of hydrogen-bond acceptors (Lipinski definition) is 4. The summed E-state index contributed by atoms with van der Waals surface area (Å²) in [6, 6.07) is 10.4. The minimum atomic E-state index is 0.240. The molecule has 132 valence electrons. The van der Waals surface area contributed by atoms with Crippen molar-refractivity contribution in [3.05, 3.63) is 52.0 Å². The molecule has 25 heavy (non-hydrogen) atoms. The molecule has 1 aromatic carbocycles. The van der Waals surface area contributed by atoms with Crippen LogP contribution >= 0.6 is 11.3 Å². The Balaban J connectivity index is 1.33. The van der Waals surface area contributed by atoms with Gasteiger partial charge < -0.3 is 10.2 Å². The number of fused-ring (bicyclic) bond motifs is 1. The van der Waals surface area contributed by atoms with Crippen molar-refractivity contribution in [2.24, 2.45) is 11.8 Å². The average molecular weight is 356 g/mol. The van der Waals surface area contributed by atoms with Crippen LogP contribution < -0.4 is 5.32 Å². The van der Waals surface area contributed by atoms with Crippen LogP contribution in [-0.4, -0.2) is 42.0 Å². The molecule has 2 saturated heterocycles. The molecule has 0 aliphatic carbocycles. The van der Waals surface area contributed by atoms with E-state index in [0.717, 1.165) is 68.0 Å². The second-order valence-electron chi connectivity index (χ2n) is 7.21. The fraction of sp³-hybridized carbons (Fsp3) is 0.500. The van der Waals surface area contributed by atoms with E-state index in [4.69, 9.17) is 0 Å². The van der Waals surface area contributed by atoms with Gasteiger partial charge in [0, 0.05) is 24.9 Å². The predicted molar refractivity (Wildman–Crippen MR) is 101 cm³/mol. The van der Waals surface area contributed by atoms with Crippen molar-refractivity contribution in [1.82, 2.24) is 15.2 Å². The summed E-state index contributed by atoms with van der Waals surface area (Å²) in [7, 11) is 0. The number of carbonyl (C=O) groups excluding carboxylic acids is 1. The molecular formula is C20H25N3OS. The van der Waals surface area contributed by atoms with Crippen LogP contribution in [0.2, 0.25) is 0 Å². The minimum absolute atomic E-state index is 0.240. The quantitative estimate of drug-likeness (QED) is 0.917. The molecule has 0 spiro atoms. The summed E-state index contributed by atoms with van der Waals surface area (Å²) in [6.07, 6.45) is 3.57. The van der Waals surface area contributed by atoms with Crippen LogP contribution in [-0.2, 0) is 17.6 Å². The largest absolute Gasteiger partial charge is 0.342 e. The lowest BCUT2D eigenvalue weighted by Gasteiger charge is -2.20. The Kier molecular flexibility index (Phi) is 5.13. The van der Waals surface area contributed by atoms with Gasteiger partial charge in [0.05, 0.1) is 17.1 Å². The number of hydrogen-bond donors (Lipinski definition) is 1. The number of likely N-dealkylation sites (tertiary alicyclic amines) is 1. The van der Waals surface area contributed by atoms with Crippen molar-refractivity contribution in [3.63, 3.8) is 0 Å². The van der Waals surface area contributed by atoms with E-state index in [1.165, 1.54) is 5.56 Å². The van der Waals surface area contributed by atoms with E-state index in [1.54, 1.807) is 11.3 Å². The van der Waals surface area contributed by atoms with Crippen LogP contribution in [0.1, 0.15) is 29.1 Å². The van der Waals surface area contributed by atoms with Crippen LogP contribution in [0.4, 0.5) is 0 Å². The molecule has 2 atom stereocenters. The van der Waals surface area contributed by atoms with Gasteiger partial charge in [0.15, 0.2) is 0 Å². The van der Waals surface area contributed by atoms with E-state index < -0.39 is 0 Å². The van der Waals surface area contributed by atoms with E-state index in [-0.39, 0.29) is 5.91 Å². The van der Waals surface area contributed by atoms with E-state index in [9.17, 15) is 4.79 Å². The van der Waals surface area contributed by atoms with Gasteiger partial charge in [-0.3, -0.25) is 4.79 Å². The highest BCUT2D eigenvalue weighted by Crippen LogP contribution is 2.27. The van der Waals surface area contributed by atoms with Crippen LogP contribution in [0, 0.1) is 11.8 Å². The third-order valence-electron chi connectivity index (χ3n) is 5.50. The molecule has 2 fully saturated rings. The Morgan fingerprint density at radius 3 is 2.60 bits per heavy atom. The van der Waals surface area contributed by atoms with Gasteiger partial charge in [-0.05, 0) is 43.3 Å². The van der Waals surface area contributed by atoms with Gasteiger partial charge >= 0.3 is 0 Å². The monoisotopic (exact) mass is 355 g/mol. The molecule has 0 bridgehead atoms. The van der Waals surface area contributed by atoms with E-state index >= 15 is 0 Å². The van der Waals surface area contributed by atoms with Gasteiger partial charge in [0.1, 0.15) is 0 Å². The highest BCUT2D eigenvalue weighted by atomic mass is 32.1. The van der Waals surface area contributed by atoms with Gasteiger partial charge in [0.25, 0.3) is 0 Å². The maximum absolute atomic E-state index is 12.7. The van der Waals surface area contributed by atoms with Crippen molar-refractivity contribution in [1.29, 1.82) is 0 Å². The summed E-state index contributed by atoms with van der Waals surface area (Å²) in [5.74, 6) is 1.76. The van der Waals surface area contributed by atoms with E-state index in [1.807, 2.05) is 11.4 Å². The first-order valence-electron chi connectivity index (χ1n) is 9.23.